The van der Waals surface area contributed by atoms with Gasteiger partial charge in [-0.2, -0.15) is 10.1 Å². The monoisotopic (exact) mass is 250 g/mol. The van der Waals surface area contributed by atoms with Crippen LogP contribution in [0.15, 0.2) is 12.3 Å². The van der Waals surface area contributed by atoms with Crippen molar-refractivity contribution in [2.75, 3.05) is 11.1 Å². The van der Waals surface area contributed by atoms with E-state index in [0.29, 0.717) is 22.6 Å². The molecule has 7 heteroatoms. The Hall–Kier alpha value is -1.82. The molecule has 0 amide bonds. The van der Waals surface area contributed by atoms with Crippen LogP contribution in [0.4, 0.5) is 17.6 Å². The number of hydrogen-bond donors (Lipinski definition) is 3. The molecule has 88 valence electrons. The number of aromatic nitrogens is 4. The lowest BCUT2D eigenvalue weighted by atomic mass is 10.3. The summed E-state index contributed by atoms with van der Waals surface area (Å²) >= 11 is 5.95. The van der Waals surface area contributed by atoms with Crippen LogP contribution in [0, 0.1) is 0 Å². The molecule has 0 aliphatic heterocycles. The summed E-state index contributed by atoms with van der Waals surface area (Å²) in [7, 11) is 0. The predicted octanol–water partition coefficient (Wildman–Crippen LogP) is 2.06. The minimum atomic E-state index is 0.176. The van der Waals surface area contributed by atoms with E-state index in [1.54, 1.807) is 0 Å². The van der Waals surface area contributed by atoms with E-state index < -0.39 is 0 Å². The Balaban J connectivity index is 1.82. The molecule has 2 aromatic rings. The van der Waals surface area contributed by atoms with Crippen LogP contribution in [-0.4, -0.2) is 20.2 Å². The molecule has 17 heavy (non-hydrogen) atoms. The lowest BCUT2D eigenvalue weighted by Gasteiger charge is -2.03. The fourth-order valence-electron chi connectivity index (χ4n) is 1.59. The number of nitrogens with two attached hydrogens (primary N) is 1. The molecule has 0 spiro atoms. The third kappa shape index (κ3) is 2.16. The summed E-state index contributed by atoms with van der Waals surface area (Å²) < 4.78 is 0. The zero-order valence-corrected chi connectivity index (χ0v) is 9.70. The van der Waals surface area contributed by atoms with Crippen molar-refractivity contribution in [2.24, 2.45) is 0 Å². The average molecular weight is 251 g/mol. The summed E-state index contributed by atoms with van der Waals surface area (Å²) in [6.07, 6.45) is 3.91. The molecule has 1 aliphatic rings. The largest absolute Gasteiger partial charge is 0.368 e. The first kappa shape index (κ1) is 10.3. The van der Waals surface area contributed by atoms with Gasteiger partial charge in [0.15, 0.2) is 11.6 Å². The van der Waals surface area contributed by atoms with E-state index in [9.17, 15) is 0 Å². The van der Waals surface area contributed by atoms with Crippen molar-refractivity contribution in [2.45, 2.75) is 18.8 Å². The first-order valence-corrected chi connectivity index (χ1v) is 5.70. The molecule has 0 atom stereocenters. The van der Waals surface area contributed by atoms with Crippen molar-refractivity contribution >= 4 is 29.2 Å². The highest BCUT2D eigenvalue weighted by Gasteiger charge is 2.25. The van der Waals surface area contributed by atoms with Crippen LogP contribution in [0.2, 0.25) is 5.02 Å². The lowest BCUT2D eigenvalue weighted by molar-refractivity contribution is 0.966. The van der Waals surface area contributed by atoms with Crippen LogP contribution in [0.5, 0.6) is 0 Å². The summed E-state index contributed by atoms with van der Waals surface area (Å²) in [6, 6.07) is 1.96. The molecule has 2 aromatic heterocycles. The number of H-pyrrole nitrogens is 1. The molecule has 1 aliphatic carbocycles. The standard InChI is InChI=1S/C10H11ClN6/c11-6-4-13-10(12)15-9(6)14-8-3-7(16-17-8)5-1-2-5/h3-5H,1-2H2,(H4,12,13,14,15,16,17). The Morgan fingerprint density at radius 3 is 3.06 bits per heavy atom. The van der Waals surface area contributed by atoms with Gasteiger partial charge in [0, 0.05) is 17.7 Å². The molecule has 0 unspecified atom stereocenters. The lowest BCUT2D eigenvalue weighted by Crippen LogP contribution is -2.00. The first-order chi connectivity index (χ1) is 8.22. The van der Waals surface area contributed by atoms with Crippen LogP contribution < -0.4 is 11.1 Å². The van der Waals surface area contributed by atoms with Crippen LogP contribution in [0.3, 0.4) is 0 Å². The van der Waals surface area contributed by atoms with Crippen molar-refractivity contribution in [3.63, 3.8) is 0 Å². The summed E-state index contributed by atoms with van der Waals surface area (Å²) in [4.78, 5) is 7.80. The Labute approximate surface area is 103 Å². The van der Waals surface area contributed by atoms with Crippen LogP contribution in [0.25, 0.3) is 0 Å². The van der Waals surface area contributed by atoms with Crippen molar-refractivity contribution in [1.29, 1.82) is 0 Å². The third-order valence-electron chi connectivity index (χ3n) is 2.62. The number of nitrogens with zero attached hydrogens (tertiary/aromatic N) is 3. The maximum absolute atomic E-state index is 5.95. The number of nitrogens with one attached hydrogen (secondary N) is 2. The normalized spacial score (nSPS) is 14.9. The quantitative estimate of drug-likeness (QED) is 0.775. The fourth-order valence-corrected chi connectivity index (χ4v) is 1.73. The minimum Gasteiger partial charge on any atom is -0.368 e. The molecule has 2 heterocycles. The number of halogens is 1. The molecule has 3 rings (SSSR count). The maximum Gasteiger partial charge on any atom is 0.222 e. The highest BCUT2D eigenvalue weighted by atomic mass is 35.5. The second kappa shape index (κ2) is 3.89. The van der Waals surface area contributed by atoms with Gasteiger partial charge in [0.2, 0.25) is 5.95 Å². The molecule has 0 bridgehead atoms. The van der Waals surface area contributed by atoms with Gasteiger partial charge in [-0.3, -0.25) is 5.10 Å². The van der Waals surface area contributed by atoms with Gasteiger partial charge in [0.05, 0.1) is 6.20 Å². The van der Waals surface area contributed by atoms with Crippen LogP contribution in [-0.2, 0) is 0 Å². The molecule has 4 N–H and O–H groups in total. The van der Waals surface area contributed by atoms with Crippen molar-refractivity contribution in [3.8, 4) is 0 Å². The summed E-state index contributed by atoms with van der Waals surface area (Å²) in [5.41, 5.74) is 6.64. The summed E-state index contributed by atoms with van der Waals surface area (Å²) in [5.74, 6) is 1.96. The van der Waals surface area contributed by atoms with E-state index in [2.05, 4.69) is 25.5 Å². The van der Waals surface area contributed by atoms with E-state index in [0.717, 1.165) is 5.69 Å². The Kier molecular flexibility index (Phi) is 2.36. The van der Waals surface area contributed by atoms with Gasteiger partial charge in [0.25, 0.3) is 0 Å². The summed E-state index contributed by atoms with van der Waals surface area (Å²) in [5, 5.41) is 10.6. The van der Waals surface area contributed by atoms with Crippen molar-refractivity contribution in [3.05, 3.63) is 23.0 Å². The highest BCUT2D eigenvalue weighted by molar-refractivity contribution is 6.32. The van der Waals surface area contributed by atoms with E-state index in [4.69, 9.17) is 17.3 Å². The first-order valence-electron chi connectivity index (χ1n) is 5.33. The van der Waals surface area contributed by atoms with Gasteiger partial charge in [0.1, 0.15) is 5.02 Å². The molecule has 1 saturated carbocycles. The van der Waals surface area contributed by atoms with Gasteiger partial charge in [-0.25, -0.2) is 4.98 Å². The van der Waals surface area contributed by atoms with Gasteiger partial charge in [-0.05, 0) is 12.8 Å². The second-order valence-corrected chi connectivity index (χ2v) is 4.44. The molecular formula is C10H11ClN6. The molecule has 0 aromatic carbocycles. The van der Waals surface area contributed by atoms with Crippen molar-refractivity contribution < 1.29 is 0 Å². The SMILES string of the molecule is Nc1ncc(Cl)c(Nc2cc(C3CC3)[nH]n2)n1. The van der Waals surface area contributed by atoms with Gasteiger partial charge in [-0.15, -0.1) is 0 Å². The number of anilines is 3. The molecular weight excluding hydrogens is 240 g/mol. The average Bonchev–Trinajstić information content (AvgIpc) is 3.05. The van der Waals surface area contributed by atoms with E-state index in [-0.39, 0.29) is 5.95 Å². The van der Waals surface area contributed by atoms with E-state index in [1.165, 1.54) is 19.0 Å². The fraction of sp³-hybridized carbons (Fsp3) is 0.300. The minimum absolute atomic E-state index is 0.176. The molecule has 0 radical (unpaired) electrons. The van der Waals surface area contributed by atoms with E-state index >= 15 is 0 Å². The predicted molar refractivity (Wildman–Crippen MR) is 65.3 cm³/mol. The number of aromatic amines is 1. The van der Waals surface area contributed by atoms with Crippen molar-refractivity contribution in [1.82, 2.24) is 20.2 Å². The zero-order valence-electron chi connectivity index (χ0n) is 8.94. The van der Waals surface area contributed by atoms with Crippen LogP contribution >= 0.6 is 11.6 Å². The summed E-state index contributed by atoms with van der Waals surface area (Å²) in [6.45, 7) is 0. The second-order valence-electron chi connectivity index (χ2n) is 4.03. The zero-order chi connectivity index (χ0) is 11.8. The van der Waals surface area contributed by atoms with Gasteiger partial charge < -0.3 is 11.1 Å². The Morgan fingerprint density at radius 1 is 1.47 bits per heavy atom. The number of rotatable bonds is 3. The van der Waals surface area contributed by atoms with Gasteiger partial charge >= 0.3 is 0 Å². The van der Waals surface area contributed by atoms with Gasteiger partial charge in [-0.1, -0.05) is 11.6 Å². The number of hydrogen-bond acceptors (Lipinski definition) is 5. The third-order valence-corrected chi connectivity index (χ3v) is 2.90. The molecule has 6 nitrogen and oxygen atoms in total. The van der Waals surface area contributed by atoms with E-state index in [1.807, 2.05) is 6.07 Å². The Morgan fingerprint density at radius 2 is 2.29 bits per heavy atom. The Bertz CT molecular complexity index is 547. The van der Waals surface area contributed by atoms with Crippen LogP contribution in [0.1, 0.15) is 24.5 Å². The molecule has 1 fully saturated rings. The molecule has 0 saturated heterocycles. The smallest absolute Gasteiger partial charge is 0.222 e. The topological polar surface area (TPSA) is 92.5 Å². The number of nitrogen functional groups attached to an aromatic ring is 1. The highest BCUT2D eigenvalue weighted by Crippen LogP contribution is 2.39. The maximum atomic E-state index is 5.95.